The van der Waals surface area contributed by atoms with Gasteiger partial charge in [0.1, 0.15) is 18.1 Å². The second-order valence-electron chi connectivity index (χ2n) is 7.49. The summed E-state index contributed by atoms with van der Waals surface area (Å²) in [5.41, 5.74) is 7.33. The number of amides is 1. The van der Waals surface area contributed by atoms with E-state index in [-0.39, 0.29) is 12.4 Å². The Balaban J connectivity index is 1.82. The summed E-state index contributed by atoms with van der Waals surface area (Å²) in [4.78, 5) is 24.3. The summed E-state index contributed by atoms with van der Waals surface area (Å²) in [7, 11) is 5.93. The number of benzene rings is 3. The van der Waals surface area contributed by atoms with E-state index in [0.717, 1.165) is 5.56 Å². The average Bonchev–Trinajstić information content (AvgIpc) is 2.89. The maximum Gasteiger partial charge on any atom is 0.248 e. The molecule has 0 saturated heterocycles. The normalized spacial score (nSPS) is 10.7. The Kier molecular flexibility index (Phi) is 8.81. The Hall–Kier alpha value is -4.17. The largest absolute Gasteiger partial charge is 0.496 e. The second kappa shape index (κ2) is 12.0. The molecule has 3 rings (SSSR count). The lowest BCUT2D eigenvalue weighted by Crippen LogP contribution is -2.11. The van der Waals surface area contributed by atoms with Gasteiger partial charge in [-0.25, -0.2) is 0 Å². The molecule has 3 aromatic rings. The molecule has 0 fully saturated rings. The standard InChI is InChI=1S/C27H26ClNO7/c1-32-23-14-19(36-15-16-6-5-7-17(10-16)27(29)31)13-21(28)20(23)8-9-22(30)18-11-24(33-2)26(35-4)25(12-18)34-3/h5-14H,15H2,1-4H3,(H2,29,31)/b9-8+. The minimum Gasteiger partial charge on any atom is -0.496 e. The molecule has 0 unspecified atom stereocenters. The molecule has 1 amide bonds. The van der Waals surface area contributed by atoms with Crippen molar-refractivity contribution in [1.82, 2.24) is 0 Å². The van der Waals surface area contributed by atoms with Gasteiger partial charge >= 0.3 is 0 Å². The van der Waals surface area contributed by atoms with Gasteiger partial charge in [0, 0.05) is 22.8 Å². The third-order valence-electron chi connectivity index (χ3n) is 5.25. The second-order valence-corrected chi connectivity index (χ2v) is 7.89. The molecule has 3 aromatic carbocycles. The number of hydrogen-bond acceptors (Lipinski definition) is 7. The first kappa shape index (κ1) is 26.4. The van der Waals surface area contributed by atoms with Crippen LogP contribution in [0.1, 0.15) is 31.8 Å². The van der Waals surface area contributed by atoms with Gasteiger partial charge in [0.2, 0.25) is 11.7 Å². The number of carbonyl (C=O) groups is 2. The Morgan fingerprint density at radius 3 is 2.11 bits per heavy atom. The van der Waals surface area contributed by atoms with Crippen molar-refractivity contribution in [3.63, 3.8) is 0 Å². The fraction of sp³-hybridized carbons (Fsp3) is 0.185. The Morgan fingerprint density at radius 2 is 1.53 bits per heavy atom. The van der Waals surface area contributed by atoms with Gasteiger partial charge in [0.15, 0.2) is 17.3 Å². The van der Waals surface area contributed by atoms with Gasteiger partial charge in [-0.15, -0.1) is 0 Å². The molecule has 0 spiro atoms. The first-order valence-electron chi connectivity index (χ1n) is 10.7. The molecule has 0 radical (unpaired) electrons. The molecule has 2 N–H and O–H groups in total. The molecule has 0 bridgehead atoms. The van der Waals surface area contributed by atoms with Crippen molar-refractivity contribution in [3.8, 4) is 28.7 Å². The molecular formula is C27H26ClNO7. The number of rotatable bonds is 11. The summed E-state index contributed by atoms with van der Waals surface area (Å²) in [5.74, 6) is 1.17. The minimum atomic E-state index is -0.515. The number of primary amides is 1. The van der Waals surface area contributed by atoms with Crippen LogP contribution in [0.25, 0.3) is 6.08 Å². The molecule has 0 atom stereocenters. The van der Waals surface area contributed by atoms with E-state index in [9.17, 15) is 9.59 Å². The highest BCUT2D eigenvalue weighted by atomic mass is 35.5. The summed E-state index contributed by atoms with van der Waals surface area (Å²) in [6.45, 7) is 0.190. The lowest BCUT2D eigenvalue weighted by molar-refractivity contribution is 0.0998. The van der Waals surface area contributed by atoms with Crippen LogP contribution in [0.15, 0.2) is 54.6 Å². The molecule has 188 valence electrons. The molecule has 9 heteroatoms. The third-order valence-corrected chi connectivity index (χ3v) is 5.57. The molecule has 0 aliphatic rings. The zero-order valence-electron chi connectivity index (χ0n) is 20.3. The van der Waals surface area contributed by atoms with Crippen LogP contribution in [0.2, 0.25) is 5.02 Å². The van der Waals surface area contributed by atoms with Gasteiger partial charge < -0.3 is 29.4 Å². The van der Waals surface area contributed by atoms with Gasteiger partial charge in [0.05, 0.1) is 33.5 Å². The molecule has 36 heavy (non-hydrogen) atoms. The van der Waals surface area contributed by atoms with Crippen molar-refractivity contribution < 1.29 is 33.3 Å². The van der Waals surface area contributed by atoms with Gasteiger partial charge in [0.25, 0.3) is 0 Å². The van der Waals surface area contributed by atoms with Crippen molar-refractivity contribution in [1.29, 1.82) is 0 Å². The number of nitrogens with two attached hydrogens (primary N) is 1. The molecule has 0 aliphatic heterocycles. The molecule has 8 nitrogen and oxygen atoms in total. The monoisotopic (exact) mass is 511 g/mol. The van der Waals surface area contributed by atoms with Crippen LogP contribution in [-0.2, 0) is 6.61 Å². The average molecular weight is 512 g/mol. The number of ketones is 1. The quantitative estimate of drug-likeness (QED) is 0.287. The molecule has 0 heterocycles. The Labute approximate surface area is 214 Å². The van der Waals surface area contributed by atoms with Gasteiger partial charge in [-0.2, -0.15) is 0 Å². The van der Waals surface area contributed by atoms with E-state index >= 15 is 0 Å². The van der Waals surface area contributed by atoms with E-state index in [0.29, 0.717) is 50.5 Å². The van der Waals surface area contributed by atoms with E-state index in [1.54, 1.807) is 48.5 Å². The number of ether oxygens (including phenoxy) is 5. The van der Waals surface area contributed by atoms with E-state index in [1.807, 2.05) is 6.07 Å². The summed E-state index contributed by atoms with van der Waals surface area (Å²) < 4.78 is 27.2. The van der Waals surface area contributed by atoms with Crippen LogP contribution in [0.5, 0.6) is 28.7 Å². The summed E-state index contributed by atoms with van der Waals surface area (Å²) in [5, 5.41) is 0.323. The van der Waals surface area contributed by atoms with E-state index in [1.165, 1.54) is 34.5 Å². The number of methoxy groups -OCH3 is 4. The molecular weight excluding hydrogens is 486 g/mol. The predicted molar refractivity (Wildman–Crippen MR) is 137 cm³/mol. The first-order valence-corrected chi connectivity index (χ1v) is 11.1. The SMILES string of the molecule is COc1cc(OCc2cccc(C(N)=O)c2)cc(Cl)c1/C=C/C(=O)c1cc(OC)c(OC)c(OC)c1. The molecule has 0 aromatic heterocycles. The summed E-state index contributed by atoms with van der Waals surface area (Å²) >= 11 is 6.49. The van der Waals surface area contributed by atoms with Crippen molar-refractivity contribution >= 4 is 29.4 Å². The predicted octanol–water partition coefficient (Wildman–Crippen LogP) is 4.95. The maximum absolute atomic E-state index is 12.9. The Morgan fingerprint density at radius 1 is 0.861 bits per heavy atom. The highest BCUT2D eigenvalue weighted by Crippen LogP contribution is 2.39. The zero-order valence-corrected chi connectivity index (χ0v) is 21.0. The lowest BCUT2D eigenvalue weighted by atomic mass is 10.1. The number of allylic oxidation sites excluding steroid dienone is 1. The van der Waals surface area contributed by atoms with Crippen LogP contribution in [0, 0.1) is 0 Å². The fourth-order valence-corrected chi connectivity index (χ4v) is 3.71. The van der Waals surface area contributed by atoms with Gasteiger partial charge in [-0.3, -0.25) is 9.59 Å². The van der Waals surface area contributed by atoms with E-state index in [2.05, 4.69) is 0 Å². The smallest absolute Gasteiger partial charge is 0.248 e. The number of halogens is 1. The summed E-state index contributed by atoms with van der Waals surface area (Å²) in [6.07, 6.45) is 2.94. The fourth-order valence-electron chi connectivity index (χ4n) is 3.44. The van der Waals surface area contributed by atoms with E-state index < -0.39 is 5.91 Å². The third kappa shape index (κ3) is 6.09. The van der Waals surface area contributed by atoms with Crippen molar-refractivity contribution in [2.24, 2.45) is 5.73 Å². The Bertz CT molecular complexity index is 1280. The van der Waals surface area contributed by atoms with Gasteiger partial charge in [-0.05, 0) is 48.0 Å². The minimum absolute atomic E-state index is 0.190. The highest BCUT2D eigenvalue weighted by Gasteiger charge is 2.16. The molecule has 0 aliphatic carbocycles. The first-order chi connectivity index (χ1) is 17.3. The van der Waals surface area contributed by atoms with Crippen LogP contribution < -0.4 is 29.4 Å². The van der Waals surface area contributed by atoms with Crippen LogP contribution in [-0.4, -0.2) is 40.1 Å². The number of hydrogen-bond donors (Lipinski definition) is 1. The van der Waals surface area contributed by atoms with Crippen molar-refractivity contribution in [2.75, 3.05) is 28.4 Å². The van der Waals surface area contributed by atoms with Crippen molar-refractivity contribution in [2.45, 2.75) is 6.61 Å². The van der Waals surface area contributed by atoms with E-state index in [4.69, 9.17) is 41.0 Å². The highest BCUT2D eigenvalue weighted by molar-refractivity contribution is 6.32. The zero-order chi connectivity index (χ0) is 26.2. The summed E-state index contributed by atoms with van der Waals surface area (Å²) in [6, 6.07) is 13.2. The van der Waals surface area contributed by atoms with Crippen LogP contribution in [0.3, 0.4) is 0 Å². The topological polar surface area (TPSA) is 106 Å². The van der Waals surface area contributed by atoms with Crippen molar-refractivity contribution in [3.05, 3.63) is 81.9 Å². The maximum atomic E-state index is 12.9. The van der Waals surface area contributed by atoms with Crippen LogP contribution >= 0.6 is 11.6 Å². The lowest BCUT2D eigenvalue weighted by Gasteiger charge is -2.13. The number of carbonyl (C=O) groups excluding carboxylic acids is 2. The molecule has 0 saturated carbocycles. The van der Waals surface area contributed by atoms with Gasteiger partial charge in [-0.1, -0.05) is 23.7 Å². The van der Waals surface area contributed by atoms with Crippen LogP contribution in [0.4, 0.5) is 0 Å².